The topological polar surface area (TPSA) is 78.5 Å². The number of amides is 3. The van der Waals surface area contributed by atoms with Gasteiger partial charge in [-0.3, -0.25) is 19.3 Å². The number of nitrogens with one attached hydrogen (secondary N) is 2. The predicted octanol–water partition coefficient (Wildman–Crippen LogP) is 2.01. The Morgan fingerprint density at radius 1 is 1.07 bits per heavy atom. The van der Waals surface area contributed by atoms with Crippen LogP contribution in [0.15, 0.2) is 48.5 Å². The van der Waals surface area contributed by atoms with Crippen LogP contribution in [0.1, 0.15) is 49.5 Å². The van der Waals surface area contributed by atoms with Crippen molar-refractivity contribution in [3.05, 3.63) is 70.8 Å². The molecule has 1 unspecified atom stereocenters. The molecule has 6 heteroatoms. The van der Waals surface area contributed by atoms with E-state index in [4.69, 9.17) is 0 Å². The first-order valence-corrected chi connectivity index (χ1v) is 9.69. The molecule has 1 atom stereocenters. The maximum absolute atomic E-state index is 12.8. The van der Waals surface area contributed by atoms with Crippen molar-refractivity contribution < 1.29 is 14.4 Å². The highest BCUT2D eigenvalue weighted by Crippen LogP contribution is 2.24. The van der Waals surface area contributed by atoms with E-state index in [0.29, 0.717) is 29.7 Å². The van der Waals surface area contributed by atoms with Gasteiger partial charge in [0.15, 0.2) is 0 Å². The third-order valence-corrected chi connectivity index (χ3v) is 5.33. The van der Waals surface area contributed by atoms with Gasteiger partial charge in [-0.15, -0.1) is 0 Å². The average Bonchev–Trinajstić information content (AvgIpc) is 2.97. The van der Waals surface area contributed by atoms with Gasteiger partial charge in [0.25, 0.3) is 17.7 Å². The van der Waals surface area contributed by atoms with Crippen LogP contribution in [0.5, 0.6) is 0 Å². The molecule has 0 saturated carbocycles. The summed E-state index contributed by atoms with van der Waals surface area (Å²) in [6.45, 7) is 2.05. The monoisotopic (exact) mass is 377 g/mol. The Balaban J connectivity index is 1.46. The van der Waals surface area contributed by atoms with Crippen molar-refractivity contribution >= 4 is 17.7 Å². The number of benzene rings is 2. The lowest BCUT2D eigenvalue weighted by Crippen LogP contribution is -2.45. The van der Waals surface area contributed by atoms with Gasteiger partial charge in [-0.05, 0) is 49.6 Å². The van der Waals surface area contributed by atoms with Crippen LogP contribution in [-0.2, 0) is 6.42 Å². The number of rotatable bonds is 5. The van der Waals surface area contributed by atoms with Gasteiger partial charge in [0, 0.05) is 24.7 Å². The Labute approximate surface area is 163 Å². The fourth-order valence-electron chi connectivity index (χ4n) is 3.76. The first-order valence-electron chi connectivity index (χ1n) is 9.69. The number of nitrogens with zero attached hydrogens (tertiary/aromatic N) is 1. The van der Waals surface area contributed by atoms with Crippen molar-refractivity contribution in [2.45, 2.75) is 25.3 Å². The van der Waals surface area contributed by atoms with Gasteiger partial charge in [0.05, 0.1) is 11.1 Å². The molecule has 2 heterocycles. The van der Waals surface area contributed by atoms with E-state index in [1.807, 2.05) is 30.3 Å². The van der Waals surface area contributed by atoms with Gasteiger partial charge in [-0.25, -0.2) is 0 Å². The second kappa shape index (κ2) is 7.94. The fourth-order valence-corrected chi connectivity index (χ4v) is 3.76. The standard InChI is InChI=1S/C22H23N3O3/c26-20(24-17-7-4-11-23-14-17)16-8-9-18-19(13-16)22(28)25(21(18)27)12-10-15-5-2-1-3-6-15/h1-3,5-6,8-9,13,17,23H,4,7,10-12,14H2,(H,24,26). The molecule has 0 radical (unpaired) electrons. The maximum Gasteiger partial charge on any atom is 0.261 e. The maximum atomic E-state index is 12.8. The Bertz CT molecular complexity index is 904. The smallest absolute Gasteiger partial charge is 0.261 e. The third kappa shape index (κ3) is 3.68. The van der Waals surface area contributed by atoms with E-state index in [1.54, 1.807) is 18.2 Å². The Morgan fingerprint density at radius 2 is 1.86 bits per heavy atom. The Kier molecular flexibility index (Phi) is 5.21. The zero-order chi connectivity index (χ0) is 19.5. The molecule has 2 aromatic rings. The van der Waals surface area contributed by atoms with Gasteiger partial charge in [0.2, 0.25) is 0 Å². The first-order chi connectivity index (χ1) is 13.6. The molecule has 144 valence electrons. The highest BCUT2D eigenvalue weighted by Gasteiger charge is 2.35. The van der Waals surface area contributed by atoms with E-state index in [9.17, 15) is 14.4 Å². The summed E-state index contributed by atoms with van der Waals surface area (Å²) < 4.78 is 0. The van der Waals surface area contributed by atoms with Gasteiger partial charge in [-0.1, -0.05) is 30.3 Å². The SMILES string of the molecule is O=C(NC1CCCNC1)c1ccc2c(c1)C(=O)N(CCc1ccccc1)C2=O. The molecule has 6 nitrogen and oxygen atoms in total. The molecule has 0 aliphatic carbocycles. The number of fused-ring (bicyclic) bond motifs is 1. The van der Waals surface area contributed by atoms with Crippen molar-refractivity contribution in [3.8, 4) is 0 Å². The highest BCUT2D eigenvalue weighted by atomic mass is 16.2. The van der Waals surface area contributed by atoms with Crippen LogP contribution >= 0.6 is 0 Å². The van der Waals surface area contributed by atoms with Gasteiger partial charge >= 0.3 is 0 Å². The van der Waals surface area contributed by atoms with Crippen LogP contribution < -0.4 is 10.6 Å². The zero-order valence-corrected chi connectivity index (χ0v) is 15.6. The Hall–Kier alpha value is -2.99. The van der Waals surface area contributed by atoms with E-state index in [-0.39, 0.29) is 23.8 Å². The van der Waals surface area contributed by atoms with E-state index in [0.717, 1.165) is 31.5 Å². The molecule has 2 aliphatic heterocycles. The lowest BCUT2D eigenvalue weighted by molar-refractivity contribution is 0.0656. The number of piperidine rings is 1. The van der Waals surface area contributed by atoms with Gasteiger partial charge < -0.3 is 10.6 Å². The summed E-state index contributed by atoms with van der Waals surface area (Å²) in [7, 11) is 0. The van der Waals surface area contributed by atoms with E-state index in [2.05, 4.69) is 10.6 Å². The van der Waals surface area contributed by atoms with Crippen molar-refractivity contribution in [1.82, 2.24) is 15.5 Å². The lowest BCUT2D eigenvalue weighted by Gasteiger charge is -2.23. The molecule has 0 bridgehead atoms. The molecule has 4 rings (SSSR count). The van der Waals surface area contributed by atoms with Crippen LogP contribution in [0.4, 0.5) is 0 Å². The molecule has 2 N–H and O–H groups in total. The molecular weight excluding hydrogens is 354 g/mol. The summed E-state index contributed by atoms with van der Waals surface area (Å²) in [5.74, 6) is -0.830. The molecular formula is C22H23N3O3. The van der Waals surface area contributed by atoms with Crippen LogP contribution in [0.25, 0.3) is 0 Å². The number of hydrogen-bond donors (Lipinski definition) is 2. The molecule has 2 aliphatic rings. The minimum Gasteiger partial charge on any atom is -0.348 e. The van der Waals surface area contributed by atoms with Gasteiger partial charge in [0.1, 0.15) is 0 Å². The minimum absolute atomic E-state index is 0.0919. The predicted molar refractivity (Wildman–Crippen MR) is 105 cm³/mol. The van der Waals surface area contributed by atoms with Crippen LogP contribution in [0, 0.1) is 0 Å². The number of hydrogen-bond acceptors (Lipinski definition) is 4. The summed E-state index contributed by atoms with van der Waals surface area (Å²) in [6, 6.07) is 14.6. The second-order valence-corrected chi connectivity index (χ2v) is 7.27. The molecule has 2 aromatic carbocycles. The number of carbonyl (C=O) groups excluding carboxylic acids is 3. The van der Waals surface area contributed by atoms with Crippen LogP contribution in [0.3, 0.4) is 0 Å². The zero-order valence-electron chi connectivity index (χ0n) is 15.6. The van der Waals surface area contributed by atoms with E-state index in [1.165, 1.54) is 4.90 Å². The van der Waals surface area contributed by atoms with Crippen molar-refractivity contribution in [1.29, 1.82) is 0 Å². The van der Waals surface area contributed by atoms with Crippen molar-refractivity contribution in [2.75, 3.05) is 19.6 Å². The summed E-state index contributed by atoms with van der Waals surface area (Å²) in [5, 5.41) is 6.26. The first kappa shape index (κ1) is 18.4. The molecule has 1 saturated heterocycles. The average molecular weight is 377 g/mol. The molecule has 1 fully saturated rings. The number of carbonyl (C=O) groups is 3. The Morgan fingerprint density at radius 3 is 2.61 bits per heavy atom. The normalized spacial score (nSPS) is 18.9. The quantitative estimate of drug-likeness (QED) is 0.782. The highest BCUT2D eigenvalue weighted by molar-refractivity contribution is 6.22. The van der Waals surface area contributed by atoms with Crippen molar-refractivity contribution in [3.63, 3.8) is 0 Å². The second-order valence-electron chi connectivity index (χ2n) is 7.27. The van der Waals surface area contributed by atoms with Crippen LogP contribution in [0.2, 0.25) is 0 Å². The fraction of sp³-hybridized carbons (Fsp3) is 0.318. The minimum atomic E-state index is -0.329. The lowest BCUT2D eigenvalue weighted by atomic mass is 10.0. The molecule has 0 aromatic heterocycles. The summed E-state index contributed by atoms with van der Waals surface area (Å²) in [5.41, 5.74) is 2.16. The van der Waals surface area contributed by atoms with Crippen LogP contribution in [-0.4, -0.2) is 48.3 Å². The summed E-state index contributed by atoms with van der Waals surface area (Å²) in [4.78, 5) is 39.2. The third-order valence-electron chi connectivity index (χ3n) is 5.33. The number of imide groups is 1. The van der Waals surface area contributed by atoms with E-state index >= 15 is 0 Å². The molecule has 28 heavy (non-hydrogen) atoms. The summed E-state index contributed by atoms with van der Waals surface area (Å²) >= 11 is 0. The molecule has 3 amide bonds. The van der Waals surface area contributed by atoms with E-state index < -0.39 is 0 Å². The largest absolute Gasteiger partial charge is 0.348 e. The van der Waals surface area contributed by atoms with Crippen molar-refractivity contribution in [2.24, 2.45) is 0 Å². The van der Waals surface area contributed by atoms with Gasteiger partial charge in [-0.2, -0.15) is 0 Å². The summed E-state index contributed by atoms with van der Waals surface area (Å²) in [6.07, 6.45) is 2.57. The molecule has 0 spiro atoms.